The summed E-state index contributed by atoms with van der Waals surface area (Å²) in [5.41, 5.74) is 0.157. The highest BCUT2D eigenvalue weighted by atomic mass is 32.1. The lowest BCUT2D eigenvalue weighted by atomic mass is 10.1. The highest BCUT2D eigenvalue weighted by Gasteiger charge is 2.20. The van der Waals surface area contributed by atoms with Crippen LogP contribution in [-0.4, -0.2) is 51.4 Å². The fourth-order valence-electron chi connectivity index (χ4n) is 2.33. The van der Waals surface area contributed by atoms with Crippen LogP contribution >= 0.6 is 11.3 Å². The molecule has 2 heterocycles. The Labute approximate surface area is 157 Å². The predicted molar refractivity (Wildman–Crippen MR) is 99.7 cm³/mol. The van der Waals surface area contributed by atoms with Crippen LogP contribution in [0.2, 0.25) is 0 Å². The number of hydrogen-bond acceptors (Lipinski definition) is 7. The number of nitrogens with zero attached hydrogens (tertiary/aromatic N) is 4. The quantitative estimate of drug-likeness (QED) is 0.659. The van der Waals surface area contributed by atoms with Crippen molar-refractivity contribution in [3.8, 4) is 10.8 Å². The first-order valence-electron chi connectivity index (χ1n) is 8.54. The third-order valence-corrected chi connectivity index (χ3v) is 4.16. The largest absolute Gasteiger partial charge is 0.451 e. The summed E-state index contributed by atoms with van der Waals surface area (Å²) in [5, 5.41) is 2.11. The Kier molecular flexibility index (Phi) is 7.20. The van der Waals surface area contributed by atoms with Crippen LogP contribution in [0.5, 0.6) is 0 Å². The lowest BCUT2D eigenvalue weighted by Crippen LogP contribution is -2.39. The zero-order valence-corrected chi connectivity index (χ0v) is 16.3. The second-order valence-corrected chi connectivity index (χ2v) is 7.63. The van der Waals surface area contributed by atoms with Gasteiger partial charge in [-0.1, -0.05) is 27.7 Å². The van der Waals surface area contributed by atoms with Gasteiger partial charge in [0.25, 0.3) is 5.91 Å². The molecule has 8 heteroatoms. The predicted octanol–water partition coefficient (Wildman–Crippen LogP) is 2.90. The normalized spacial score (nSPS) is 11.0. The first kappa shape index (κ1) is 20.0. The van der Waals surface area contributed by atoms with Crippen LogP contribution in [0.25, 0.3) is 10.8 Å². The number of amides is 1. The second-order valence-electron chi connectivity index (χ2n) is 6.77. The molecule has 1 amide bonds. The Bertz CT molecular complexity index is 721. The van der Waals surface area contributed by atoms with E-state index in [1.165, 1.54) is 11.3 Å². The average Bonchev–Trinajstić information content (AvgIpc) is 3.09. The number of carbonyl (C=O) groups is 2. The molecule has 0 aliphatic carbocycles. The Morgan fingerprint density at radius 2 is 1.73 bits per heavy atom. The maximum Gasteiger partial charge on any atom is 0.358 e. The van der Waals surface area contributed by atoms with Crippen LogP contribution in [-0.2, 0) is 9.53 Å². The first-order chi connectivity index (χ1) is 12.4. The molecule has 0 radical (unpaired) electrons. The van der Waals surface area contributed by atoms with Crippen LogP contribution in [0.3, 0.4) is 0 Å². The summed E-state index contributed by atoms with van der Waals surface area (Å²) in [7, 11) is 0. The van der Waals surface area contributed by atoms with Crippen molar-refractivity contribution in [2.24, 2.45) is 11.8 Å². The molecule has 0 N–H and O–H groups in total. The Hall–Kier alpha value is -2.35. The molecule has 2 aromatic heterocycles. The molecule has 0 saturated carbocycles. The van der Waals surface area contributed by atoms with E-state index in [1.54, 1.807) is 28.7 Å². The summed E-state index contributed by atoms with van der Waals surface area (Å²) >= 11 is 1.26. The molecule has 7 nitrogen and oxygen atoms in total. The van der Waals surface area contributed by atoms with Crippen molar-refractivity contribution in [3.63, 3.8) is 0 Å². The van der Waals surface area contributed by atoms with Gasteiger partial charge in [0.2, 0.25) is 0 Å². The second kappa shape index (κ2) is 9.38. The highest BCUT2D eigenvalue weighted by Crippen LogP contribution is 2.20. The number of rotatable bonds is 8. The van der Waals surface area contributed by atoms with Gasteiger partial charge in [0.15, 0.2) is 23.1 Å². The lowest BCUT2D eigenvalue weighted by Gasteiger charge is -2.26. The topological polar surface area (TPSA) is 85.3 Å². The fraction of sp³-hybridized carbons (Fsp3) is 0.500. The van der Waals surface area contributed by atoms with Crippen LogP contribution < -0.4 is 0 Å². The lowest BCUT2D eigenvalue weighted by molar-refractivity contribution is -0.135. The van der Waals surface area contributed by atoms with Crippen molar-refractivity contribution < 1.29 is 14.3 Å². The molecule has 0 spiro atoms. The van der Waals surface area contributed by atoms with Crippen LogP contribution in [0.1, 0.15) is 38.2 Å². The van der Waals surface area contributed by atoms with Gasteiger partial charge in [-0.15, -0.1) is 11.3 Å². The summed E-state index contributed by atoms with van der Waals surface area (Å²) in [6.07, 6.45) is 3.22. The Morgan fingerprint density at radius 3 is 2.31 bits per heavy atom. The molecule has 26 heavy (non-hydrogen) atoms. The SMILES string of the molecule is CC(C)CN(CC(C)C)C(=O)COC(=O)c1csc(-c2ncccn2)n1. The molecule has 0 atom stereocenters. The summed E-state index contributed by atoms with van der Waals surface area (Å²) in [5.74, 6) is 0.335. The molecule has 0 fully saturated rings. The van der Waals surface area contributed by atoms with Gasteiger partial charge in [0.05, 0.1) is 0 Å². The Morgan fingerprint density at radius 1 is 1.12 bits per heavy atom. The van der Waals surface area contributed by atoms with E-state index < -0.39 is 5.97 Å². The molecule has 140 valence electrons. The molecule has 2 rings (SSSR count). The smallest absolute Gasteiger partial charge is 0.358 e. The van der Waals surface area contributed by atoms with Gasteiger partial charge < -0.3 is 9.64 Å². The van der Waals surface area contributed by atoms with E-state index in [-0.39, 0.29) is 18.2 Å². The van der Waals surface area contributed by atoms with Gasteiger partial charge >= 0.3 is 5.97 Å². The van der Waals surface area contributed by atoms with Crippen molar-refractivity contribution in [1.29, 1.82) is 0 Å². The number of hydrogen-bond donors (Lipinski definition) is 0. The monoisotopic (exact) mass is 376 g/mol. The minimum atomic E-state index is -0.620. The van der Waals surface area contributed by atoms with Crippen LogP contribution in [0.4, 0.5) is 0 Å². The van der Waals surface area contributed by atoms with E-state index in [9.17, 15) is 9.59 Å². The summed E-state index contributed by atoms with van der Waals surface area (Å²) < 4.78 is 5.16. The standard InChI is InChI=1S/C18H24N4O3S/c1-12(2)8-22(9-13(3)4)15(23)10-25-18(24)14-11-26-17(21-14)16-19-6-5-7-20-16/h5-7,11-13H,8-10H2,1-4H3. The van der Waals surface area contributed by atoms with E-state index in [2.05, 4.69) is 42.6 Å². The third-order valence-electron chi connectivity index (χ3n) is 3.32. The Balaban J connectivity index is 1.95. The number of aromatic nitrogens is 3. The highest BCUT2D eigenvalue weighted by molar-refractivity contribution is 7.13. The summed E-state index contributed by atoms with van der Waals surface area (Å²) in [6, 6.07) is 1.71. The molecule has 0 aromatic carbocycles. The summed E-state index contributed by atoms with van der Waals surface area (Å²) in [4.78, 5) is 38.7. The van der Waals surface area contributed by atoms with Gasteiger partial charge in [-0.05, 0) is 17.9 Å². The molecule has 0 unspecified atom stereocenters. The number of esters is 1. The minimum absolute atomic E-state index is 0.157. The molecular weight excluding hydrogens is 352 g/mol. The zero-order valence-electron chi connectivity index (χ0n) is 15.5. The van der Waals surface area contributed by atoms with Gasteiger partial charge in [-0.25, -0.2) is 19.7 Å². The molecular formula is C18H24N4O3S. The van der Waals surface area contributed by atoms with Gasteiger partial charge in [0.1, 0.15) is 0 Å². The van der Waals surface area contributed by atoms with E-state index >= 15 is 0 Å². The van der Waals surface area contributed by atoms with Crippen LogP contribution in [0.15, 0.2) is 23.8 Å². The average molecular weight is 376 g/mol. The maximum absolute atomic E-state index is 12.4. The van der Waals surface area contributed by atoms with E-state index in [0.717, 1.165) is 0 Å². The van der Waals surface area contributed by atoms with Crippen molar-refractivity contribution in [1.82, 2.24) is 19.9 Å². The zero-order chi connectivity index (χ0) is 19.1. The van der Waals surface area contributed by atoms with Crippen molar-refractivity contribution in [2.75, 3.05) is 19.7 Å². The minimum Gasteiger partial charge on any atom is -0.451 e. The number of carbonyl (C=O) groups excluding carboxylic acids is 2. The van der Waals surface area contributed by atoms with Gasteiger partial charge in [-0.3, -0.25) is 4.79 Å². The molecule has 2 aromatic rings. The maximum atomic E-state index is 12.4. The van der Waals surface area contributed by atoms with E-state index in [1.807, 2.05) is 0 Å². The molecule has 0 aliphatic rings. The summed E-state index contributed by atoms with van der Waals surface area (Å²) in [6.45, 7) is 9.20. The van der Waals surface area contributed by atoms with Crippen molar-refractivity contribution >= 4 is 23.2 Å². The van der Waals surface area contributed by atoms with E-state index in [4.69, 9.17) is 4.74 Å². The molecule has 0 saturated heterocycles. The fourth-order valence-corrected chi connectivity index (χ4v) is 3.07. The van der Waals surface area contributed by atoms with E-state index in [0.29, 0.717) is 35.8 Å². The number of ether oxygens (including phenoxy) is 1. The van der Waals surface area contributed by atoms with Crippen molar-refractivity contribution in [2.45, 2.75) is 27.7 Å². The number of thiazole rings is 1. The molecule has 0 aliphatic heterocycles. The van der Waals surface area contributed by atoms with Gasteiger partial charge in [0, 0.05) is 30.9 Å². The molecule has 0 bridgehead atoms. The van der Waals surface area contributed by atoms with Crippen LogP contribution in [0, 0.1) is 11.8 Å². The van der Waals surface area contributed by atoms with Gasteiger partial charge in [-0.2, -0.15) is 0 Å². The third kappa shape index (κ3) is 5.87. The van der Waals surface area contributed by atoms with Crippen molar-refractivity contribution in [3.05, 3.63) is 29.5 Å². The first-order valence-corrected chi connectivity index (χ1v) is 9.42.